The van der Waals surface area contributed by atoms with Gasteiger partial charge < -0.3 is 15.5 Å². The van der Waals surface area contributed by atoms with Gasteiger partial charge in [0, 0.05) is 43.3 Å². The van der Waals surface area contributed by atoms with Gasteiger partial charge in [-0.1, -0.05) is 48.0 Å². The Hall–Kier alpha value is -4.41. The Kier molecular flexibility index (Phi) is 7.12. The maximum atomic E-state index is 14.1. The minimum Gasteiger partial charge on any atom is -0.478 e. The number of carbonyl (C=O) groups is 3. The Morgan fingerprint density at radius 3 is 2.38 bits per heavy atom. The highest BCUT2D eigenvalue weighted by atomic mass is 35.5. The predicted octanol–water partition coefficient (Wildman–Crippen LogP) is 3.93. The van der Waals surface area contributed by atoms with E-state index in [4.69, 9.17) is 11.6 Å². The maximum absolute atomic E-state index is 14.1. The standard InChI is InChI=1S/C31H29ClN4O6/c1-33-29(39)28(21(30(40)41)16-26(37)38)36-24-8-3-2-7-23(24)35(31(36)42)18-11-13-34(14-12-18)25-15-20-22(32)10-9-17-5-4-6-19(25)27(17)20/h2-10,16,18,25,28H,11-15H2,1H3,(H,33,39)(H,37,38)(H,40,41)/b21-16-. The first-order valence-corrected chi connectivity index (χ1v) is 14.1. The zero-order valence-electron chi connectivity index (χ0n) is 22.8. The number of aromatic nitrogens is 2. The smallest absolute Gasteiger partial charge is 0.334 e. The monoisotopic (exact) mass is 588 g/mol. The van der Waals surface area contributed by atoms with Crippen molar-refractivity contribution < 1.29 is 24.6 Å². The number of imidazole rings is 1. The molecule has 2 heterocycles. The number of rotatable bonds is 7. The minimum atomic E-state index is -1.68. The van der Waals surface area contributed by atoms with Gasteiger partial charge >= 0.3 is 17.6 Å². The summed E-state index contributed by atoms with van der Waals surface area (Å²) in [6.07, 6.45) is 2.60. The first-order chi connectivity index (χ1) is 20.2. The van der Waals surface area contributed by atoms with Crippen LogP contribution in [-0.2, 0) is 20.8 Å². The summed E-state index contributed by atoms with van der Waals surface area (Å²) >= 11 is 6.59. The second kappa shape index (κ2) is 10.8. The quantitative estimate of drug-likeness (QED) is 0.279. The summed E-state index contributed by atoms with van der Waals surface area (Å²) in [6.45, 7) is 1.45. The van der Waals surface area contributed by atoms with Crippen LogP contribution in [0.1, 0.15) is 42.1 Å². The number of fused-ring (bicyclic) bond motifs is 1. The molecule has 216 valence electrons. The van der Waals surface area contributed by atoms with E-state index in [1.807, 2.05) is 6.07 Å². The van der Waals surface area contributed by atoms with Gasteiger partial charge in [0.1, 0.15) is 6.04 Å². The van der Waals surface area contributed by atoms with Gasteiger partial charge in [0.15, 0.2) is 0 Å². The summed E-state index contributed by atoms with van der Waals surface area (Å²) in [6, 6.07) is 15.5. The molecule has 2 aliphatic rings. The summed E-state index contributed by atoms with van der Waals surface area (Å²) in [5.74, 6) is -3.94. The second-order valence-corrected chi connectivity index (χ2v) is 11.1. The van der Waals surface area contributed by atoms with Gasteiger partial charge in [0.2, 0.25) is 5.91 Å². The van der Waals surface area contributed by atoms with Crippen LogP contribution < -0.4 is 11.0 Å². The first-order valence-electron chi connectivity index (χ1n) is 13.8. The van der Waals surface area contributed by atoms with E-state index < -0.39 is 35.2 Å². The molecule has 2 unspecified atom stereocenters. The summed E-state index contributed by atoms with van der Waals surface area (Å²) in [5.41, 5.74) is 2.06. The highest BCUT2D eigenvalue weighted by molar-refractivity contribution is 6.32. The van der Waals surface area contributed by atoms with E-state index in [1.165, 1.54) is 28.9 Å². The van der Waals surface area contributed by atoms with Crippen molar-refractivity contribution in [3.63, 3.8) is 0 Å². The van der Waals surface area contributed by atoms with E-state index in [1.54, 1.807) is 28.8 Å². The number of nitrogens with zero attached hydrogens (tertiary/aromatic N) is 3. The lowest BCUT2D eigenvalue weighted by atomic mass is 9.99. The predicted molar refractivity (Wildman–Crippen MR) is 158 cm³/mol. The van der Waals surface area contributed by atoms with Gasteiger partial charge in [-0.25, -0.2) is 14.4 Å². The Labute approximate surface area is 245 Å². The number of aliphatic carboxylic acids is 2. The highest BCUT2D eigenvalue weighted by Gasteiger charge is 2.37. The third-order valence-electron chi connectivity index (χ3n) is 8.58. The van der Waals surface area contributed by atoms with E-state index >= 15 is 0 Å². The third kappa shape index (κ3) is 4.47. The van der Waals surface area contributed by atoms with E-state index in [2.05, 4.69) is 34.5 Å². The first kappa shape index (κ1) is 27.7. The fourth-order valence-corrected chi connectivity index (χ4v) is 6.98. The number of carboxylic acids is 2. The Bertz CT molecular complexity index is 1850. The Morgan fingerprint density at radius 2 is 1.71 bits per heavy atom. The molecule has 1 saturated heterocycles. The molecular weight excluding hydrogens is 560 g/mol. The number of benzene rings is 3. The van der Waals surface area contributed by atoms with Crippen LogP contribution >= 0.6 is 11.6 Å². The van der Waals surface area contributed by atoms with E-state index in [9.17, 15) is 29.4 Å². The molecule has 42 heavy (non-hydrogen) atoms. The number of hydrogen-bond donors (Lipinski definition) is 3. The van der Waals surface area contributed by atoms with E-state index in [-0.39, 0.29) is 12.1 Å². The van der Waals surface area contributed by atoms with Gasteiger partial charge in [0.05, 0.1) is 16.6 Å². The number of nitrogens with one attached hydrogen (secondary N) is 1. The number of halogens is 1. The zero-order valence-corrected chi connectivity index (χ0v) is 23.5. The van der Waals surface area contributed by atoms with Crippen LogP contribution in [0.2, 0.25) is 5.02 Å². The SMILES string of the molecule is CNC(=O)C(/C(=C/C(=O)O)C(=O)O)n1c(=O)n(C2CCN(C3Cc4c(Cl)ccc5cccc3c45)CC2)c2ccccc21. The maximum Gasteiger partial charge on any atom is 0.334 e. The summed E-state index contributed by atoms with van der Waals surface area (Å²) in [7, 11) is 1.31. The summed E-state index contributed by atoms with van der Waals surface area (Å²) in [4.78, 5) is 53.1. The van der Waals surface area contributed by atoms with Crippen LogP contribution in [0.3, 0.4) is 0 Å². The van der Waals surface area contributed by atoms with Crippen LogP contribution in [0, 0.1) is 0 Å². The van der Waals surface area contributed by atoms with Crippen molar-refractivity contribution in [2.24, 2.45) is 0 Å². The molecule has 1 aliphatic carbocycles. The van der Waals surface area contributed by atoms with Crippen LogP contribution in [0.4, 0.5) is 0 Å². The zero-order chi connectivity index (χ0) is 29.7. The lowest BCUT2D eigenvalue weighted by molar-refractivity contribution is -0.136. The largest absolute Gasteiger partial charge is 0.478 e. The molecule has 4 aromatic rings. The van der Waals surface area contributed by atoms with Crippen molar-refractivity contribution in [1.82, 2.24) is 19.4 Å². The van der Waals surface area contributed by atoms with Gasteiger partial charge in [-0.3, -0.25) is 18.8 Å². The fraction of sp³-hybridized carbons (Fsp3) is 0.290. The molecule has 1 aromatic heterocycles. The van der Waals surface area contributed by atoms with Gasteiger partial charge in [0.25, 0.3) is 0 Å². The molecule has 3 N–H and O–H groups in total. The molecule has 1 amide bonds. The number of hydrogen-bond acceptors (Lipinski definition) is 5. The number of carbonyl (C=O) groups excluding carboxylic acids is 1. The molecule has 6 rings (SSSR count). The van der Waals surface area contributed by atoms with Gasteiger partial charge in [-0.15, -0.1) is 0 Å². The average molecular weight is 589 g/mol. The van der Waals surface area contributed by atoms with Crippen LogP contribution in [0.15, 0.2) is 71.0 Å². The van der Waals surface area contributed by atoms with E-state index in [0.29, 0.717) is 30.0 Å². The number of likely N-dealkylation sites (N-methyl/N-ethyl adjacent to an activating group) is 1. The van der Waals surface area contributed by atoms with Crippen LogP contribution in [-0.4, -0.2) is 62.2 Å². The lowest BCUT2D eigenvalue weighted by Crippen LogP contribution is -2.42. The Morgan fingerprint density at radius 1 is 1.00 bits per heavy atom. The normalized spacial score (nSPS) is 18.4. The molecule has 3 aromatic carbocycles. The summed E-state index contributed by atoms with van der Waals surface area (Å²) < 4.78 is 2.73. The van der Waals surface area contributed by atoms with Crippen LogP contribution in [0.5, 0.6) is 0 Å². The number of piperidine rings is 1. The fourth-order valence-electron chi connectivity index (χ4n) is 6.74. The van der Waals surface area contributed by atoms with Crippen molar-refractivity contribution in [3.05, 3.63) is 92.9 Å². The number of carboxylic acid groups (broad SMARTS) is 2. The van der Waals surface area contributed by atoms with Gasteiger partial charge in [-0.2, -0.15) is 0 Å². The second-order valence-electron chi connectivity index (χ2n) is 10.7. The molecule has 2 atom stereocenters. The number of amides is 1. The van der Waals surface area contributed by atoms with Crippen molar-refractivity contribution in [1.29, 1.82) is 0 Å². The van der Waals surface area contributed by atoms with Crippen molar-refractivity contribution in [3.8, 4) is 0 Å². The number of likely N-dealkylation sites (tertiary alicyclic amines) is 1. The minimum absolute atomic E-state index is 0.180. The highest BCUT2D eigenvalue weighted by Crippen LogP contribution is 2.44. The molecule has 0 radical (unpaired) electrons. The lowest BCUT2D eigenvalue weighted by Gasteiger charge is -2.37. The van der Waals surface area contributed by atoms with Crippen molar-refractivity contribution >= 4 is 51.3 Å². The number of para-hydroxylation sites is 2. The average Bonchev–Trinajstić information content (AvgIpc) is 3.51. The third-order valence-corrected chi connectivity index (χ3v) is 8.93. The van der Waals surface area contributed by atoms with Crippen molar-refractivity contribution in [2.75, 3.05) is 20.1 Å². The van der Waals surface area contributed by atoms with Crippen molar-refractivity contribution in [2.45, 2.75) is 37.4 Å². The molecule has 0 spiro atoms. The summed E-state index contributed by atoms with van der Waals surface area (Å²) in [5, 5.41) is 24.7. The molecule has 10 nitrogen and oxygen atoms in total. The molecular formula is C31H29ClN4O6. The molecule has 1 fully saturated rings. The van der Waals surface area contributed by atoms with Gasteiger partial charge in [-0.05, 0) is 59.4 Å². The molecule has 1 aliphatic heterocycles. The molecule has 0 bridgehead atoms. The van der Waals surface area contributed by atoms with Crippen LogP contribution in [0.25, 0.3) is 21.8 Å². The molecule has 0 saturated carbocycles. The van der Waals surface area contributed by atoms with E-state index in [0.717, 1.165) is 29.1 Å². The molecule has 11 heteroatoms. The Balaban J connectivity index is 1.35. The topological polar surface area (TPSA) is 134 Å².